The molecule has 1 aromatic carbocycles. The molecule has 0 fully saturated rings. The van der Waals surface area contributed by atoms with Gasteiger partial charge >= 0.3 is 0 Å². The van der Waals surface area contributed by atoms with Crippen molar-refractivity contribution in [3.05, 3.63) is 34.5 Å². The van der Waals surface area contributed by atoms with E-state index < -0.39 is 0 Å². The fourth-order valence-electron chi connectivity index (χ4n) is 2.35. The fourth-order valence-corrected chi connectivity index (χ4v) is 2.35. The minimum absolute atomic E-state index is 0.900. The highest BCUT2D eigenvalue weighted by Gasteiger charge is 2.10. The van der Waals surface area contributed by atoms with Gasteiger partial charge in [0.2, 0.25) is 0 Å². The van der Waals surface area contributed by atoms with E-state index in [1.165, 1.54) is 16.7 Å². The number of nitrogens with zero attached hydrogens (tertiary/aromatic N) is 1. The molecule has 0 saturated heterocycles. The van der Waals surface area contributed by atoms with Crippen molar-refractivity contribution in [3.63, 3.8) is 0 Å². The summed E-state index contributed by atoms with van der Waals surface area (Å²) in [7, 11) is 0. The van der Waals surface area contributed by atoms with Gasteiger partial charge < -0.3 is 5.73 Å². The number of aromatic nitrogens is 1. The second-order valence-corrected chi connectivity index (χ2v) is 4.42. The first-order valence-electron chi connectivity index (χ1n) is 5.70. The summed E-state index contributed by atoms with van der Waals surface area (Å²) in [5.74, 6) is 0. The Hall–Kier alpha value is -1.57. The molecular formula is C14H18N2. The zero-order chi connectivity index (χ0) is 11.9. The largest absolute Gasteiger partial charge is 0.398 e. The van der Waals surface area contributed by atoms with E-state index in [2.05, 4.69) is 37.9 Å². The Kier molecular flexibility index (Phi) is 2.58. The normalized spacial score (nSPS) is 11.0. The van der Waals surface area contributed by atoms with Crippen LogP contribution in [0.25, 0.3) is 10.9 Å². The SMILES string of the molecule is CCc1c(C)nc2c(C)cc(C)cc2c1N. The van der Waals surface area contributed by atoms with Crippen LogP contribution in [0.2, 0.25) is 0 Å². The number of rotatable bonds is 1. The highest BCUT2D eigenvalue weighted by atomic mass is 14.7. The van der Waals surface area contributed by atoms with Crippen LogP contribution in [0.1, 0.15) is 29.3 Å². The summed E-state index contributed by atoms with van der Waals surface area (Å²) in [5, 5.41) is 1.10. The molecule has 0 spiro atoms. The van der Waals surface area contributed by atoms with E-state index in [4.69, 9.17) is 5.73 Å². The molecule has 16 heavy (non-hydrogen) atoms. The number of hydrogen-bond acceptors (Lipinski definition) is 2. The van der Waals surface area contributed by atoms with E-state index in [-0.39, 0.29) is 0 Å². The predicted octanol–water partition coefficient (Wildman–Crippen LogP) is 3.30. The molecule has 0 amide bonds. The van der Waals surface area contributed by atoms with Gasteiger partial charge in [-0.25, -0.2) is 0 Å². The lowest BCUT2D eigenvalue weighted by atomic mass is 10.0. The maximum Gasteiger partial charge on any atom is 0.0755 e. The second kappa shape index (κ2) is 3.78. The summed E-state index contributed by atoms with van der Waals surface area (Å²) in [6.07, 6.45) is 0.938. The van der Waals surface area contributed by atoms with E-state index in [1.54, 1.807) is 0 Å². The van der Waals surface area contributed by atoms with E-state index in [0.29, 0.717) is 0 Å². The Balaban J connectivity index is 2.93. The molecule has 0 atom stereocenters. The van der Waals surface area contributed by atoms with Crippen molar-refractivity contribution < 1.29 is 0 Å². The van der Waals surface area contributed by atoms with Gasteiger partial charge in [0.25, 0.3) is 0 Å². The topological polar surface area (TPSA) is 38.9 Å². The first kappa shape index (κ1) is 10.9. The van der Waals surface area contributed by atoms with Crippen LogP contribution in [0.5, 0.6) is 0 Å². The lowest BCUT2D eigenvalue weighted by molar-refractivity contribution is 1.07. The van der Waals surface area contributed by atoms with Crippen LogP contribution in [0.15, 0.2) is 12.1 Å². The summed E-state index contributed by atoms with van der Waals surface area (Å²) in [6, 6.07) is 4.28. The lowest BCUT2D eigenvalue weighted by Gasteiger charge is -2.12. The minimum Gasteiger partial charge on any atom is -0.398 e. The van der Waals surface area contributed by atoms with E-state index in [1.807, 2.05) is 6.92 Å². The molecule has 2 rings (SSSR count). The standard InChI is InChI=1S/C14H18N2/c1-5-11-10(4)16-14-9(3)6-8(2)7-12(14)13(11)15/h6-7H,5H2,1-4H3,(H2,15,16). The third kappa shape index (κ3) is 1.54. The smallest absolute Gasteiger partial charge is 0.0755 e. The molecule has 0 saturated carbocycles. The number of nitrogen functional groups attached to an aromatic ring is 1. The van der Waals surface area contributed by atoms with Crippen LogP contribution in [0.4, 0.5) is 5.69 Å². The van der Waals surface area contributed by atoms with Gasteiger partial charge in [-0.1, -0.05) is 18.6 Å². The number of nitrogens with two attached hydrogens (primary N) is 1. The molecule has 2 aromatic rings. The fraction of sp³-hybridized carbons (Fsp3) is 0.357. The Morgan fingerprint density at radius 2 is 1.88 bits per heavy atom. The molecule has 1 aromatic heterocycles. The number of anilines is 1. The van der Waals surface area contributed by atoms with Gasteiger partial charge in [0.05, 0.1) is 5.52 Å². The number of pyridine rings is 1. The molecule has 0 bridgehead atoms. The first-order valence-corrected chi connectivity index (χ1v) is 5.70. The van der Waals surface area contributed by atoms with Crippen molar-refractivity contribution in [2.24, 2.45) is 0 Å². The molecule has 0 aliphatic heterocycles. The van der Waals surface area contributed by atoms with Crippen LogP contribution < -0.4 is 5.73 Å². The zero-order valence-electron chi connectivity index (χ0n) is 10.4. The molecule has 0 aliphatic carbocycles. The maximum absolute atomic E-state index is 6.23. The van der Waals surface area contributed by atoms with E-state index >= 15 is 0 Å². The average Bonchev–Trinajstić information content (AvgIpc) is 2.21. The van der Waals surface area contributed by atoms with Gasteiger partial charge in [-0.15, -0.1) is 0 Å². The molecule has 0 radical (unpaired) electrons. The van der Waals surface area contributed by atoms with Crippen LogP contribution in [-0.2, 0) is 6.42 Å². The summed E-state index contributed by atoms with van der Waals surface area (Å²) in [6.45, 7) is 8.34. The summed E-state index contributed by atoms with van der Waals surface area (Å²) < 4.78 is 0. The van der Waals surface area contributed by atoms with Crippen molar-refractivity contribution in [2.45, 2.75) is 34.1 Å². The third-order valence-electron chi connectivity index (χ3n) is 3.13. The molecular weight excluding hydrogens is 196 g/mol. The lowest BCUT2D eigenvalue weighted by Crippen LogP contribution is -2.01. The Morgan fingerprint density at radius 1 is 1.19 bits per heavy atom. The van der Waals surface area contributed by atoms with Gasteiger partial charge in [0, 0.05) is 16.8 Å². The number of aryl methyl sites for hydroxylation is 3. The summed E-state index contributed by atoms with van der Waals surface area (Å²) in [4.78, 5) is 4.67. The molecule has 0 aliphatic rings. The zero-order valence-corrected chi connectivity index (χ0v) is 10.4. The third-order valence-corrected chi connectivity index (χ3v) is 3.13. The van der Waals surface area contributed by atoms with Gasteiger partial charge in [-0.3, -0.25) is 4.98 Å². The average molecular weight is 214 g/mol. The number of hydrogen-bond donors (Lipinski definition) is 1. The van der Waals surface area contributed by atoms with Crippen LogP contribution in [0, 0.1) is 20.8 Å². The Bertz CT molecular complexity index is 556. The molecule has 2 heteroatoms. The van der Waals surface area contributed by atoms with E-state index in [9.17, 15) is 0 Å². The van der Waals surface area contributed by atoms with Crippen LogP contribution >= 0.6 is 0 Å². The minimum atomic E-state index is 0.900. The van der Waals surface area contributed by atoms with Crippen molar-refractivity contribution in [2.75, 3.05) is 5.73 Å². The Morgan fingerprint density at radius 3 is 2.50 bits per heavy atom. The van der Waals surface area contributed by atoms with Gasteiger partial charge in [0.15, 0.2) is 0 Å². The molecule has 84 valence electrons. The van der Waals surface area contributed by atoms with Crippen molar-refractivity contribution in [1.82, 2.24) is 4.98 Å². The van der Waals surface area contributed by atoms with Gasteiger partial charge in [-0.05, 0) is 44.4 Å². The molecule has 2 nitrogen and oxygen atoms in total. The first-order chi connectivity index (χ1) is 7.54. The molecule has 1 heterocycles. The Labute approximate surface area is 96.5 Å². The number of fused-ring (bicyclic) bond motifs is 1. The van der Waals surface area contributed by atoms with Crippen molar-refractivity contribution >= 4 is 16.6 Å². The van der Waals surface area contributed by atoms with Gasteiger partial charge in [-0.2, -0.15) is 0 Å². The summed E-state index contributed by atoms with van der Waals surface area (Å²) >= 11 is 0. The van der Waals surface area contributed by atoms with Crippen molar-refractivity contribution in [3.8, 4) is 0 Å². The second-order valence-electron chi connectivity index (χ2n) is 4.42. The highest BCUT2D eigenvalue weighted by molar-refractivity contribution is 5.94. The van der Waals surface area contributed by atoms with E-state index in [0.717, 1.165) is 28.7 Å². The quantitative estimate of drug-likeness (QED) is 0.791. The number of benzene rings is 1. The highest BCUT2D eigenvalue weighted by Crippen LogP contribution is 2.28. The van der Waals surface area contributed by atoms with Crippen molar-refractivity contribution in [1.29, 1.82) is 0 Å². The predicted molar refractivity (Wildman–Crippen MR) is 69.7 cm³/mol. The monoisotopic (exact) mass is 214 g/mol. The molecule has 0 unspecified atom stereocenters. The summed E-state index contributed by atoms with van der Waals surface area (Å²) in [5.41, 5.74) is 12.8. The van der Waals surface area contributed by atoms with Crippen LogP contribution in [0.3, 0.4) is 0 Å². The van der Waals surface area contributed by atoms with Crippen LogP contribution in [-0.4, -0.2) is 4.98 Å². The maximum atomic E-state index is 6.23. The van der Waals surface area contributed by atoms with Gasteiger partial charge in [0.1, 0.15) is 0 Å². The molecule has 2 N–H and O–H groups in total.